The Bertz CT molecular complexity index is 1740. The Balaban J connectivity index is 1.56. The number of allylic oxidation sites excluding steroid dienone is 1. The molecule has 1 N–H and O–H groups in total. The van der Waals surface area contributed by atoms with Crippen molar-refractivity contribution in [2.24, 2.45) is 5.92 Å². The first-order valence-corrected chi connectivity index (χ1v) is 14.4. The molecule has 1 aromatic heterocycles. The summed E-state index contributed by atoms with van der Waals surface area (Å²) < 4.78 is 0. The highest BCUT2D eigenvalue weighted by Gasteiger charge is 2.70. The third-order valence-electron chi connectivity index (χ3n) is 8.78. The SMILES string of the molecule is CC1=C[C@H]2N(c3ccc(C)cc31)[C@H](C(=O)c1cccs1)[C@H](C(=O)c1ccc(C)cc1)[C@@]21C(=O)Nc2ccccc21. The summed E-state index contributed by atoms with van der Waals surface area (Å²) in [5, 5.41) is 4.97. The fraction of sp³-hybridized carbons (Fsp3) is 0.206. The topological polar surface area (TPSA) is 66.5 Å². The number of thiophene rings is 1. The van der Waals surface area contributed by atoms with Crippen molar-refractivity contribution < 1.29 is 14.4 Å². The van der Waals surface area contributed by atoms with Crippen LogP contribution in [0.25, 0.3) is 5.57 Å². The van der Waals surface area contributed by atoms with Gasteiger partial charge >= 0.3 is 0 Å². The molecule has 0 unspecified atom stereocenters. The number of rotatable bonds is 4. The molecule has 1 spiro atoms. The Morgan fingerprint density at radius 2 is 1.62 bits per heavy atom. The maximum Gasteiger partial charge on any atom is 0.238 e. The van der Waals surface area contributed by atoms with Gasteiger partial charge in [0.15, 0.2) is 11.6 Å². The van der Waals surface area contributed by atoms with Crippen LogP contribution in [-0.2, 0) is 10.2 Å². The predicted molar refractivity (Wildman–Crippen MR) is 159 cm³/mol. The Labute approximate surface area is 237 Å². The van der Waals surface area contributed by atoms with Gasteiger partial charge in [-0.15, -0.1) is 11.3 Å². The normalized spacial score (nSPS) is 24.3. The molecule has 3 aromatic carbocycles. The molecule has 1 saturated heterocycles. The van der Waals surface area contributed by atoms with Crippen molar-refractivity contribution in [1.29, 1.82) is 0 Å². The minimum atomic E-state index is -1.29. The summed E-state index contributed by atoms with van der Waals surface area (Å²) in [6.07, 6.45) is 2.10. The van der Waals surface area contributed by atoms with E-state index in [1.54, 1.807) is 0 Å². The maximum absolute atomic E-state index is 14.8. The van der Waals surface area contributed by atoms with Crippen molar-refractivity contribution in [2.45, 2.75) is 38.3 Å². The number of fused-ring (bicyclic) bond motifs is 6. The Morgan fingerprint density at radius 3 is 2.38 bits per heavy atom. The lowest BCUT2D eigenvalue weighted by atomic mass is 9.64. The predicted octanol–water partition coefficient (Wildman–Crippen LogP) is 6.61. The highest BCUT2D eigenvalue weighted by molar-refractivity contribution is 7.12. The average molecular weight is 545 g/mol. The molecule has 4 aromatic rings. The summed E-state index contributed by atoms with van der Waals surface area (Å²) >= 11 is 1.37. The number of anilines is 2. The number of ketones is 2. The van der Waals surface area contributed by atoms with Crippen molar-refractivity contribution in [1.82, 2.24) is 0 Å². The third-order valence-corrected chi connectivity index (χ3v) is 9.67. The van der Waals surface area contributed by atoms with Gasteiger partial charge in [0.1, 0.15) is 11.5 Å². The summed E-state index contributed by atoms with van der Waals surface area (Å²) in [4.78, 5) is 46.4. The standard InChI is InChI=1S/C34H28N2O3S/c1-19-10-13-22(14-11-19)31(37)29-30(32(38)27-9-6-16-40-27)36-26-15-12-20(2)17-23(26)21(3)18-28(36)34(29)24-7-4-5-8-25(24)35-33(34)39/h4-18,28-30H,1-3H3,(H,35,39)/t28-,29-,30+,34+/m1/s1. The zero-order valence-corrected chi connectivity index (χ0v) is 23.3. The zero-order valence-electron chi connectivity index (χ0n) is 22.5. The number of aryl methyl sites for hydroxylation is 2. The third kappa shape index (κ3) is 3.29. The Hall–Kier alpha value is -4.29. The molecule has 7 rings (SSSR count). The van der Waals surface area contributed by atoms with E-state index in [1.165, 1.54) is 11.3 Å². The number of carbonyl (C=O) groups excluding carboxylic acids is 3. The van der Waals surface area contributed by atoms with Crippen molar-refractivity contribution in [3.05, 3.63) is 123 Å². The van der Waals surface area contributed by atoms with Gasteiger partial charge in [-0.3, -0.25) is 14.4 Å². The van der Waals surface area contributed by atoms with Crippen molar-refractivity contribution in [3.63, 3.8) is 0 Å². The van der Waals surface area contributed by atoms with E-state index in [-0.39, 0.29) is 17.5 Å². The van der Waals surface area contributed by atoms with Crippen molar-refractivity contribution in [2.75, 3.05) is 10.2 Å². The number of amides is 1. The summed E-state index contributed by atoms with van der Waals surface area (Å²) in [6, 6.07) is 23.5. The lowest BCUT2D eigenvalue weighted by molar-refractivity contribution is -0.121. The van der Waals surface area contributed by atoms with Crippen LogP contribution < -0.4 is 10.2 Å². The van der Waals surface area contributed by atoms with Gasteiger partial charge in [0.05, 0.1) is 16.8 Å². The van der Waals surface area contributed by atoms with Crippen LogP contribution in [0.1, 0.15) is 49.2 Å². The molecule has 4 heterocycles. The Kier molecular flexibility index (Phi) is 5.48. The van der Waals surface area contributed by atoms with Crippen LogP contribution in [0.15, 0.2) is 90.3 Å². The zero-order chi connectivity index (χ0) is 27.8. The van der Waals surface area contributed by atoms with Gasteiger partial charge in [0.25, 0.3) is 0 Å². The van der Waals surface area contributed by atoms with E-state index in [4.69, 9.17) is 0 Å². The van der Waals surface area contributed by atoms with Gasteiger partial charge in [0, 0.05) is 22.5 Å². The highest BCUT2D eigenvalue weighted by Crippen LogP contribution is 2.59. The Morgan fingerprint density at radius 1 is 0.875 bits per heavy atom. The molecule has 3 aliphatic heterocycles. The van der Waals surface area contributed by atoms with E-state index in [2.05, 4.69) is 22.4 Å². The van der Waals surface area contributed by atoms with Gasteiger partial charge in [-0.05, 0) is 61.6 Å². The lowest BCUT2D eigenvalue weighted by Gasteiger charge is -2.39. The van der Waals surface area contributed by atoms with E-state index >= 15 is 0 Å². The van der Waals surface area contributed by atoms with Gasteiger partial charge < -0.3 is 10.2 Å². The molecule has 40 heavy (non-hydrogen) atoms. The monoisotopic (exact) mass is 544 g/mol. The second-order valence-corrected chi connectivity index (χ2v) is 12.0. The molecule has 0 bridgehead atoms. The number of benzene rings is 3. The van der Waals surface area contributed by atoms with Crippen LogP contribution in [0.3, 0.4) is 0 Å². The molecular formula is C34H28N2O3S. The van der Waals surface area contributed by atoms with E-state index < -0.39 is 23.4 Å². The van der Waals surface area contributed by atoms with E-state index in [0.29, 0.717) is 16.1 Å². The number of nitrogens with one attached hydrogen (secondary N) is 1. The maximum atomic E-state index is 14.8. The first kappa shape index (κ1) is 24.7. The van der Waals surface area contributed by atoms with Crippen LogP contribution >= 0.6 is 11.3 Å². The highest BCUT2D eigenvalue weighted by atomic mass is 32.1. The first-order valence-electron chi connectivity index (χ1n) is 13.5. The number of Topliss-reactive ketones (excluding diaryl/α,β-unsaturated/α-hetero) is 2. The molecule has 1 amide bonds. The summed E-state index contributed by atoms with van der Waals surface area (Å²) in [5.41, 5.74) is 5.74. The molecule has 4 atom stereocenters. The number of hydrogen-bond acceptors (Lipinski definition) is 5. The van der Waals surface area contributed by atoms with Gasteiger partial charge in [-0.1, -0.05) is 71.8 Å². The van der Waals surface area contributed by atoms with Crippen LogP contribution in [0.2, 0.25) is 0 Å². The number of hydrogen-bond donors (Lipinski definition) is 1. The smallest absolute Gasteiger partial charge is 0.238 e. The van der Waals surface area contributed by atoms with E-state index in [0.717, 1.165) is 33.5 Å². The second kappa shape index (κ2) is 8.86. The van der Waals surface area contributed by atoms with Crippen molar-refractivity contribution in [3.8, 4) is 0 Å². The fourth-order valence-corrected chi connectivity index (χ4v) is 7.71. The van der Waals surface area contributed by atoms with Crippen LogP contribution in [-0.4, -0.2) is 29.6 Å². The summed E-state index contributed by atoms with van der Waals surface area (Å²) in [7, 11) is 0. The van der Waals surface area contributed by atoms with Gasteiger partial charge in [0.2, 0.25) is 5.91 Å². The molecule has 6 heteroatoms. The largest absolute Gasteiger partial charge is 0.352 e. The molecular weight excluding hydrogens is 516 g/mol. The molecule has 0 saturated carbocycles. The first-order chi connectivity index (χ1) is 19.3. The molecule has 5 nitrogen and oxygen atoms in total. The van der Waals surface area contributed by atoms with Gasteiger partial charge in [-0.2, -0.15) is 0 Å². The van der Waals surface area contributed by atoms with Crippen LogP contribution in [0.4, 0.5) is 11.4 Å². The molecule has 198 valence electrons. The van der Waals surface area contributed by atoms with E-state index in [9.17, 15) is 14.4 Å². The lowest BCUT2D eigenvalue weighted by Crippen LogP contribution is -2.51. The van der Waals surface area contributed by atoms with E-state index in [1.807, 2.05) is 98.9 Å². The minimum absolute atomic E-state index is 0.140. The summed E-state index contributed by atoms with van der Waals surface area (Å²) in [6.45, 7) is 6.07. The molecule has 3 aliphatic rings. The molecule has 0 aliphatic carbocycles. The molecule has 1 fully saturated rings. The fourth-order valence-electron chi connectivity index (χ4n) is 7.01. The van der Waals surface area contributed by atoms with Crippen LogP contribution in [0, 0.1) is 19.8 Å². The number of nitrogens with zero attached hydrogens (tertiary/aromatic N) is 1. The quantitative estimate of drug-likeness (QED) is 0.294. The average Bonchev–Trinajstić information content (AvgIpc) is 3.66. The second-order valence-electron chi connectivity index (χ2n) is 11.1. The molecule has 0 radical (unpaired) electrons. The summed E-state index contributed by atoms with van der Waals surface area (Å²) in [5.74, 6) is -1.53. The number of carbonyl (C=O) groups is 3. The number of para-hydroxylation sites is 1. The van der Waals surface area contributed by atoms with Crippen molar-refractivity contribution >= 4 is 45.8 Å². The van der Waals surface area contributed by atoms with Gasteiger partial charge in [-0.25, -0.2) is 0 Å². The minimum Gasteiger partial charge on any atom is -0.352 e. The van der Waals surface area contributed by atoms with Crippen LogP contribution in [0.5, 0.6) is 0 Å².